The molecule has 27 heavy (non-hydrogen) atoms. The molecule has 1 unspecified atom stereocenters. The van der Waals surface area contributed by atoms with Gasteiger partial charge in [-0.15, -0.1) is 0 Å². The summed E-state index contributed by atoms with van der Waals surface area (Å²) in [6.07, 6.45) is 0.909. The van der Waals surface area contributed by atoms with Crippen LogP contribution in [0.3, 0.4) is 0 Å². The average Bonchev–Trinajstić information content (AvgIpc) is 2.64. The van der Waals surface area contributed by atoms with Gasteiger partial charge < -0.3 is 15.4 Å². The minimum Gasteiger partial charge on any atom is -0.462 e. The summed E-state index contributed by atoms with van der Waals surface area (Å²) >= 11 is 5.52. The van der Waals surface area contributed by atoms with Crippen LogP contribution >= 0.6 is 12.2 Å². The number of rotatable bonds is 6. The Hall–Kier alpha value is -2.40. The van der Waals surface area contributed by atoms with Crippen molar-refractivity contribution in [3.05, 3.63) is 64.2 Å². The van der Waals surface area contributed by atoms with Crippen molar-refractivity contribution < 1.29 is 9.53 Å². The molecule has 0 radical (unpaired) electrons. The number of benzene rings is 2. The molecule has 0 aromatic heterocycles. The van der Waals surface area contributed by atoms with Crippen molar-refractivity contribution in [2.45, 2.75) is 47.1 Å². The number of thiocarbonyl (C=S) groups is 1. The van der Waals surface area contributed by atoms with Gasteiger partial charge in [0.15, 0.2) is 5.11 Å². The molecule has 2 aromatic carbocycles. The van der Waals surface area contributed by atoms with Gasteiger partial charge in [-0.2, -0.15) is 0 Å². The van der Waals surface area contributed by atoms with E-state index < -0.39 is 0 Å². The number of ether oxygens (including phenoxy) is 1. The molecule has 2 rings (SSSR count). The molecule has 0 saturated heterocycles. The molecule has 0 amide bonds. The summed E-state index contributed by atoms with van der Waals surface area (Å²) in [6, 6.07) is 12.0. The molecule has 144 valence electrons. The van der Waals surface area contributed by atoms with E-state index in [4.69, 9.17) is 17.0 Å². The highest BCUT2D eigenvalue weighted by atomic mass is 32.1. The summed E-state index contributed by atoms with van der Waals surface area (Å²) in [7, 11) is 0. The van der Waals surface area contributed by atoms with Gasteiger partial charge in [0.2, 0.25) is 0 Å². The van der Waals surface area contributed by atoms with Crippen LogP contribution in [-0.2, 0) is 4.74 Å². The summed E-state index contributed by atoms with van der Waals surface area (Å²) in [4.78, 5) is 12.0. The zero-order valence-corrected chi connectivity index (χ0v) is 17.5. The standard InChI is InChI=1S/C22H28N2O2S/c1-6-19(17-10-8-14(3)16(5)12-17)23-22(27)24-20-13-18(11-9-15(20)4)21(25)26-7-2/h8-13,19H,6-7H2,1-5H3,(H2,23,24,27). The highest BCUT2D eigenvalue weighted by molar-refractivity contribution is 7.80. The van der Waals surface area contributed by atoms with E-state index in [-0.39, 0.29) is 12.0 Å². The summed E-state index contributed by atoms with van der Waals surface area (Å²) in [5.41, 5.74) is 6.07. The lowest BCUT2D eigenvalue weighted by Gasteiger charge is -2.21. The average molecular weight is 385 g/mol. The molecule has 0 spiro atoms. The topological polar surface area (TPSA) is 50.4 Å². The zero-order chi connectivity index (χ0) is 20.0. The third kappa shape index (κ3) is 5.54. The Morgan fingerprint density at radius 2 is 1.74 bits per heavy atom. The Balaban J connectivity index is 2.12. The van der Waals surface area contributed by atoms with Crippen LogP contribution in [0, 0.1) is 20.8 Å². The molecule has 4 nitrogen and oxygen atoms in total. The fourth-order valence-corrected chi connectivity index (χ4v) is 3.07. The fourth-order valence-electron chi connectivity index (χ4n) is 2.82. The largest absolute Gasteiger partial charge is 0.462 e. The summed E-state index contributed by atoms with van der Waals surface area (Å²) in [6.45, 7) is 10.5. The summed E-state index contributed by atoms with van der Waals surface area (Å²) < 4.78 is 5.07. The minimum absolute atomic E-state index is 0.123. The normalized spacial score (nSPS) is 11.6. The molecule has 2 aromatic rings. The number of nitrogens with one attached hydrogen (secondary N) is 2. The summed E-state index contributed by atoms with van der Waals surface area (Å²) in [5, 5.41) is 7.14. The molecule has 0 aliphatic heterocycles. The van der Waals surface area contributed by atoms with Crippen molar-refractivity contribution in [2.24, 2.45) is 0 Å². The van der Waals surface area contributed by atoms with Crippen LogP contribution in [0.1, 0.15) is 58.9 Å². The fraction of sp³-hybridized carbons (Fsp3) is 0.364. The second-order valence-corrected chi connectivity index (χ2v) is 7.06. The maximum absolute atomic E-state index is 12.0. The molecule has 1 atom stereocenters. The van der Waals surface area contributed by atoms with Crippen LogP contribution in [0.15, 0.2) is 36.4 Å². The van der Waals surface area contributed by atoms with Crippen LogP contribution in [0.4, 0.5) is 5.69 Å². The molecule has 5 heteroatoms. The first kappa shape index (κ1) is 20.9. The van der Waals surface area contributed by atoms with Gasteiger partial charge in [0, 0.05) is 5.69 Å². The molecular formula is C22H28N2O2S. The van der Waals surface area contributed by atoms with E-state index in [2.05, 4.69) is 49.6 Å². The van der Waals surface area contributed by atoms with E-state index in [1.54, 1.807) is 19.1 Å². The Bertz CT molecular complexity index is 833. The maximum atomic E-state index is 12.0. The molecular weight excluding hydrogens is 356 g/mol. The number of esters is 1. The third-order valence-corrected chi connectivity index (χ3v) is 4.86. The number of hydrogen-bond donors (Lipinski definition) is 2. The second kappa shape index (κ2) is 9.51. The molecule has 0 aliphatic carbocycles. The van der Waals surface area contributed by atoms with E-state index in [1.165, 1.54) is 16.7 Å². The number of aryl methyl sites for hydroxylation is 3. The monoisotopic (exact) mass is 384 g/mol. The van der Waals surface area contributed by atoms with Crippen molar-refractivity contribution >= 4 is 29.0 Å². The van der Waals surface area contributed by atoms with E-state index in [0.717, 1.165) is 17.7 Å². The predicted octanol–water partition coefficient (Wildman–Crippen LogP) is 5.23. The Morgan fingerprint density at radius 1 is 1.04 bits per heavy atom. The van der Waals surface area contributed by atoms with Gasteiger partial charge in [-0.05, 0) is 80.7 Å². The van der Waals surface area contributed by atoms with Crippen LogP contribution in [0.2, 0.25) is 0 Å². The highest BCUT2D eigenvalue weighted by Gasteiger charge is 2.13. The number of hydrogen-bond acceptors (Lipinski definition) is 3. The van der Waals surface area contributed by atoms with Crippen LogP contribution in [0.5, 0.6) is 0 Å². The molecule has 0 saturated carbocycles. The first-order chi connectivity index (χ1) is 12.8. The predicted molar refractivity (Wildman–Crippen MR) is 115 cm³/mol. The minimum atomic E-state index is -0.332. The lowest BCUT2D eigenvalue weighted by atomic mass is 9.99. The molecule has 2 N–H and O–H groups in total. The van der Waals surface area contributed by atoms with Gasteiger partial charge in [-0.1, -0.05) is 31.2 Å². The zero-order valence-electron chi connectivity index (χ0n) is 16.7. The smallest absolute Gasteiger partial charge is 0.338 e. The van der Waals surface area contributed by atoms with Crippen molar-refractivity contribution in [2.75, 3.05) is 11.9 Å². The maximum Gasteiger partial charge on any atom is 0.338 e. The van der Waals surface area contributed by atoms with Crippen molar-refractivity contribution in [1.29, 1.82) is 0 Å². The Labute approximate surface area is 167 Å². The van der Waals surface area contributed by atoms with Crippen molar-refractivity contribution in [1.82, 2.24) is 5.32 Å². The Kier molecular flexibility index (Phi) is 7.36. The second-order valence-electron chi connectivity index (χ2n) is 6.65. The third-order valence-electron chi connectivity index (χ3n) is 4.64. The molecule has 0 aliphatic rings. The quantitative estimate of drug-likeness (QED) is 0.528. The highest BCUT2D eigenvalue weighted by Crippen LogP contribution is 2.21. The Morgan fingerprint density at radius 3 is 2.37 bits per heavy atom. The number of carbonyl (C=O) groups excluding carboxylic acids is 1. The van der Waals surface area contributed by atoms with E-state index in [0.29, 0.717) is 17.3 Å². The van der Waals surface area contributed by atoms with Gasteiger partial charge in [0.1, 0.15) is 0 Å². The number of carbonyl (C=O) groups is 1. The summed E-state index contributed by atoms with van der Waals surface area (Å²) in [5.74, 6) is -0.332. The SMILES string of the molecule is CCOC(=O)c1ccc(C)c(NC(=S)NC(CC)c2ccc(C)c(C)c2)c1. The first-order valence-corrected chi connectivity index (χ1v) is 9.69. The first-order valence-electron chi connectivity index (χ1n) is 9.28. The lowest BCUT2D eigenvalue weighted by Crippen LogP contribution is -2.32. The van der Waals surface area contributed by atoms with Crippen molar-refractivity contribution in [3.8, 4) is 0 Å². The van der Waals surface area contributed by atoms with E-state index in [1.807, 2.05) is 13.0 Å². The van der Waals surface area contributed by atoms with Crippen LogP contribution in [-0.4, -0.2) is 17.7 Å². The van der Waals surface area contributed by atoms with E-state index >= 15 is 0 Å². The van der Waals surface area contributed by atoms with E-state index in [9.17, 15) is 4.79 Å². The van der Waals surface area contributed by atoms with Gasteiger partial charge in [0.25, 0.3) is 0 Å². The number of anilines is 1. The van der Waals surface area contributed by atoms with Gasteiger partial charge in [0.05, 0.1) is 18.2 Å². The molecule has 0 heterocycles. The van der Waals surface area contributed by atoms with Crippen LogP contribution in [0.25, 0.3) is 0 Å². The van der Waals surface area contributed by atoms with Gasteiger partial charge >= 0.3 is 5.97 Å². The van der Waals surface area contributed by atoms with Gasteiger partial charge in [-0.25, -0.2) is 4.79 Å². The molecule has 0 bridgehead atoms. The molecule has 0 fully saturated rings. The van der Waals surface area contributed by atoms with Gasteiger partial charge in [-0.3, -0.25) is 0 Å². The lowest BCUT2D eigenvalue weighted by molar-refractivity contribution is 0.0526. The van der Waals surface area contributed by atoms with Crippen LogP contribution < -0.4 is 10.6 Å². The van der Waals surface area contributed by atoms with Crippen molar-refractivity contribution in [3.63, 3.8) is 0 Å².